The molecule has 5 nitrogen and oxygen atoms in total. The number of hydrogen-bond acceptors (Lipinski definition) is 5. The second-order valence-electron chi connectivity index (χ2n) is 4.02. The highest BCUT2D eigenvalue weighted by Gasteiger charge is 2.15. The number of phenols is 1. The molecule has 1 heterocycles. The number of phenolic OH excluding ortho intramolecular Hbond substituents is 1. The molecule has 2 aromatic rings. The molecule has 0 unspecified atom stereocenters. The summed E-state index contributed by atoms with van der Waals surface area (Å²) in [7, 11) is 0. The van der Waals surface area contributed by atoms with Crippen molar-refractivity contribution in [2.45, 2.75) is 25.8 Å². The zero-order valence-electron chi connectivity index (χ0n) is 9.93. The Morgan fingerprint density at radius 1 is 1.50 bits per heavy atom. The molecule has 1 atom stereocenters. The van der Waals surface area contributed by atoms with Gasteiger partial charge in [0.1, 0.15) is 0 Å². The standard InChI is InChI=1S/C12H14FN3O2/c1-2-3-9(14)12-15-11(16-18-12)7-4-5-10(17)8(13)6-7/h4-6,9,17H,2-3,14H2,1H3/t9-/m0/s1. The third kappa shape index (κ3) is 2.48. The van der Waals surface area contributed by atoms with Crippen LogP contribution in [0.3, 0.4) is 0 Å². The van der Waals surface area contributed by atoms with Crippen molar-refractivity contribution in [1.82, 2.24) is 10.1 Å². The molecule has 96 valence electrons. The summed E-state index contributed by atoms with van der Waals surface area (Å²) in [5, 5.41) is 12.8. The van der Waals surface area contributed by atoms with Gasteiger partial charge in [-0.15, -0.1) is 0 Å². The number of nitrogens with two attached hydrogens (primary N) is 1. The van der Waals surface area contributed by atoms with Crippen LogP contribution in [-0.4, -0.2) is 15.2 Å². The molecule has 0 spiro atoms. The highest BCUT2D eigenvalue weighted by Crippen LogP contribution is 2.24. The molecule has 3 N–H and O–H groups in total. The lowest BCUT2D eigenvalue weighted by atomic mass is 10.2. The molecule has 18 heavy (non-hydrogen) atoms. The molecule has 1 aromatic carbocycles. The summed E-state index contributed by atoms with van der Waals surface area (Å²) in [5.74, 6) is -0.544. The molecule has 0 aliphatic heterocycles. The van der Waals surface area contributed by atoms with Crippen LogP contribution < -0.4 is 5.73 Å². The van der Waals surface area contributed by atoms with Crippen LogP contribution in [0, 0.1) is 5.82 Å². The van der Waals surface area contributed by atoms with Crippen LogP contribution in [-0.2, 0) is 0 Å². The van der Waals surface area contributed by atoms with E-state index >= 15 is 0 Å². The Morgan fingerprint density at radius 2 is 2.28 bits per heavy atom. The van der Waals surface area contributed by atoms with Crippen molar-refractivity contribution in [2.24, 2.45) is 5.73 Å². The second-order valence-corrected chi connectivity index (χ2v) is 4.02. The van der Waals surface area contributed by atoms with Crippen molar-refractivity contribution in [1.29, 1.82) is 0 Å². The molecule has 0 saturated heterocycles. The first-order valence-corrected chi connectivity index (χ1v) is 5.70. The highest BCUT2D eigenvalue weighted by molar-refractivity contribution is 5.55. The number of aromatic nitrogens is 2. The quantitative estimate of drug-likeness (QED) is 0.871. The van der Waals surface area contributed by atoms with Gasteiger partial charge in [-0.2, -0.15) is 4.98 Å². The molecule has 1 aromatic heterocycles. The highest BCUT2D eigenvalue weighted by atomic mass is 19.1. The van der Waals surface area contributed by atoms with Gasteiger partial charge in [0.05, 0.1) is 6.04 Å². The minimum atomic E-state index is -0.725. The van der Waals surface area contributed by atoms with Crippen LogP contribution in [0.15, 0.2) is 22.7 Å². The molecule has 6 heteroatoms. The number of halogens is 1. The van der Waals surface area contributed by atoms with E-state index in [4.69, 9.17) is 15.4 Å². The maximum atomic E-state index is 13.2. The average Bonchev–Trinajstić information content (AvgIpc) is 2.82. The van der Waals surface area contributed by atoms with E-state index in [2.05, 4.69) is 10.1 Å². The van der Waals surface area contributed by atoms with Gasteiger partial charge >= 0.3 is 0 Å². The molecule has 0 radical (unpaired) electrons. The zero-order valence-corrected chi connectivity index (χ0v) is 9.93. The first-order chi connectivity index (χ1) is 8.61. The zero-order chi connectivity index (χ0) is 13.1. The molecule has 0 saturated carbocycles. The molecule has 0 fully saturated rings. The first kappa shape index (κ1) is 12.5. The summed E-state index contributed by atoms with van der Waals surface area (Å²) in [6, 6.07) is 3.60. The van der Waals surface area contributed by atoms with Gasteiger partial charge < -0.3 is 15.4 Å². The van der Waals surface area contributed by atoms with Crippen LogP contribution >= 0.6 is 0 Å². The second kappa shape index (κ2) is 5.14. The summed E-state index contributed by atoms with van der Waals surface area (Å²) < 4.78 is 18.2. The van der Waals surface area contributed by atoms with E-state index < -0.39 is 11.6 Å². The van der Waals surface area contributed by atoms with E-state index in [1.165, 1.54) is 12.1 Å². The van der Waals surface area contributed by atoms with E-state index in [9.17, 15) is 4.39 Å². The minimum Gasteiger partial charge on any atom is -0.505 e. The molecule has 0 amide bonds. The van der Waals surface area contributed by atoms with E-state index in [0.717, 1.165) is 18.9 Å². The van der Waals surface area contributed by atoms with Gasteiger partial charge in [0.15, 0.2) is 11.6 Å². The predicted octanol–water partition coefficient (Wildman–Crippen LogP) is 2.38. The van der Waals surface area contributed by atoms with Crippen molar-refractivity contribution in [3.63, 3.8) is 0 Å². The third-order valence-corrected chi connectivity index (χ3v) is 2.56. The fourth-order valence-electron chi connectivity index (χ4n) is 1.58. The Balaban J connectivity index is 2.26. The summed E-state index contributed by atoms with van der Waals surface area (Å²) >= 11 is 0. The third-order valence-electron chi connectivity index (χ3n) is 2.56. The summed E-state index contributed by atoms with van der Waals surface area (Å²) in [6.07, 6.45) is 1.65. The van der Waals surface area contributed by atoms with Crippen LogP contribution in [0.5, 0.6) is 5.75 Å². The summed E-state index contributed by atoms with van der Waals surface area (Å²) in [6.45, 7) is 2.01. The smallest absolute Gasteiger partial charge is 0.243 e. The van der Waals surface area contributed by atoms with Crippen molar-refractivity contribution in [3.8, 4) is 17.1 Å². The monoisotopic (exact) mass is 251 g/mol. The first-order valence-electron chi connectivity index (χ1n) is 5.70. The largest absolute Gasteiger partial charge is 0.505 e. The minimum absolute atomic E-state index is 0.260. The molecular weight excluding hydrogens is 237 g/mol. The summed E-state index contributed by atoms with van der Waals surface area (Å²) in [5.41, 5.74) is 6.27. The predicted molar refractivity (Wildman–Crippen MR) is 63.2 cm³/mol. The number of hydrogen-bond donors (Lipinski definition) is 2. The molecule has 0 bridgehead atoms. The van der Waals surface area contributed by atoms with Gasteiger partial charge in [-0.1, -0.05) is 18.5 Å². The topological polar surface area (TPSA) is 85.2 Å². The lowest BCUT2D eigenvalue weighted by molar-refractivity contribution is 0.348. The molecule has 2 rings (SSSR count). The van der Waals surface area contributed by atoms with Gasteiger partial charge in [-0.05, 0) is 24.6 Å². The Hall–Kier alpha value is -1.95. The van der Waals surface area contributed by atoms with Gasteiger partial charge in [0.2, 0.25) is 11.7 Å². The molecule has 0 aliphatic carbocycles. The van der Waals surface area contributed by atoms with E-state index in [-0.39, 0.29) is 11.9 Å². The maximum absolute atomic E-state index is 13.2. The van der Waals surface area contributed by atoms with Crippen molar-refractivity contribution < 1.29 is 14.0 Å². The number of rotatable bonds is 4. The number of benzene rings is 1. The SMILES string of the molecule is CCC[C@H](N)c1nc(-c2ccc(O)c(F)c2)no1. The van der Waals surface area contributed by atoms with Crippen LogP contribution in [0.1, 0.15) is 31.7 Å². The summed E-state index contributed by atoms with van der Waals surface area (Å²) in [4.78, 5) is 4.12. The Kier molecular flexibility index (Phi) is 3.57. The molecular formula is C12H14FN3O2. The molecule has 0 aliphatic rings. The fourth-order valence-corrected chi connectivity index (χ4v) is 1.58. The Bertz CT molecular complexity index is 542. The van der Waals surface area contributed by atoms with Gasteiger partial charge in [-0.25, -0.2) is 4.39 Å². The normalized spacial score (nSPS) is 12.6. The van der Waals surface area contributed by atoms with Crippen molar-refractivity contribution in [2.75, 3.05) is 0 Å². The fraction of sp³-hybridized carbons (Fsp3) is 0.333. The lowest BCUT2D eigenvalue weighted by Gasteiger charge is -2.02. The van der Waals surface area contributed by atoms with Gasteiger partial charge in [0.25, 0.3) is 0 Å². The maximum Gasteiger partial charge on any atom is 0.243 e. The number of aromatic hydroxyl groups is 1. The lowest BCUT2D eigenvalue weighted by Crippen LogP contribution is -2.09. The van der Waals surface area contributed by atoms with Gasteiger partial charge in [-0.3, -0.25) is 0 Å². The average molecular weight is 251 g/mol. The van der Waals surface area contributed by atoms with Crippen LogP contribution in [0.25, 0.3) is 11.4 Å². The van der Waals surface area contributed by atoms with E-state index in [1.807, 2.05) is 6.92 Å². The van der Waals surface area contributed by atoms with Crippen LogP contribution in [0.2, 0.25) is 0 Å². The number of nitrogens with zero attached hydrogens (tertiary/aromatic N) is 2. The van der Waals surface area contributed by atoms with Gasteiger partial charge in [0, 0.05) is 5.56 Å². The Morgan fingerprint density at radius 3 is 2.94 bits per heavy atom. The Labute approximate surface area is 103 Å². The van der Waals surface area contributed by atoms with E-state index in [1.54, 1.807) is 0 Å². The van der Waals surface area contributed by atoms with Crippen molar-refractivity contribution >= 4 is 0 Å². The van der Waals surface area contributed by atoms with E-state index in [0.29, 0.717) is 11.5 Å². The van der Waals surface area contributed by atoms with Crippen LogP contribution in [0.4, 0.5) is 4.39 Å². The van der Waals surface area contributed by atoms with Crippen molar-refractivity contribution in [3.05, 3.63) is 29.9 Å².